The second-order valence-electron chi connectivity index (χ2n) is 7.55. The van der Waals surface area contributed by atoms with Gasteiger partial charge < -0.3 is 5.11 Å². The maximum absolute atomic E-state index is 12.3. The lowest BCUT2D eigenvalue weighted by atomic mass is 9.54. The second kappa shape index (κ2) is 4.39. The van der Waals surface area contributed by atoms with Gasteiger partial charge in [-0.2, -0.15) is 0 Å². The Kier molecular flexibility index (Phi) is 2.81. The molecule has 21 heavy (non-hydrogen) atoms. The lowest BCUT2D eigenvalue weighted by Gasteiger charge is -2.50. The molecule has 0 amide bonds. The maximum atomic E-state index is 12.3. The summed E-state index contributed by atoms with van der Waals surface area (Å²) in [6.07, 6.45) is 9.43. The zero-order valence-corrected chi connectivity index (χ0v) is 12.4. The van der Waals surface area contributed by atoms with Crippen molar-refractivity contribution in [3.8, 4) is 0 Å². The van der Waals surface area contributed by atoms with Crippen LogP contribution in [-0.4, -0.2) is 22.8 Å². The molecule has 0 aromatic carbocycles. The average molecular weight is 286 g/mol. The average Bonchev–Trinajstić information content (AvgIpc) is 2.70. The van der Waals surface area contributed by atoms with Crippen LogP contribution in [0.15, 0.2) is 23.8 Å². The number of hydrogen-bond donors (Lipinski definition) is 1. The third kappa shape index (κ3) is 1.76. The van der Waals surface area contributed by atoms with E-state index in [1.807, 2.05) is 0 Å². The quantitative estimate of drug-likeness (QED) is 0.696. The normalized spacial score (nSPS) is 48.5. The molecule has 0 aromatic heterocycles. The molecule has 0 aromatic rings. The number of aliphatic hydroxyl groups is 1. The Morgan fingerprint density at radius 1 is 1.29 bits per heavy atom. The van der Waals surface area contributed by atoms with Gasteiger partial charge in [0.2, 0.25) is 0 Å². The number of carbonyl (C=O) groups is 2. The van der Waals surface area contributed by atoms with Crippen LogP contribution in [0.3, 0.4) is 0 Å². The number of ketones is 2. The van der Waals surface area contributed by atoms with Crippen LogP contribution < -0.4 is 0 Å². The molecule has 0 unspecified atom stereocenters. The summed E-state index contributed by atoms with van der Waals surface area (Å²) >= 11 is 0. The van der Waals surface area contributed by atoms with Gasteiger partial charge in [0.05, 0.1) is 0 Å². The third-order valence-electron chi connectivity index (χ3n) is 6.63. The summed E-state index contributed by atoms with van der Waals surface area (Å²) in [4.78, 5) is 23.9. The van der Waals surface area contributed by atoms with Crippen molar-refractivity contribution in [1.82, 2.24) is 0 Å². The van der Waals surface area contributed by atoms with Gasteiger partial charge in [0.25, 0.3) is 0 Å². The Bertz CT molecular complexity index is 573. The molecule has 2 fully saturated rings. The fourth-order valence-corrected chi connectivity index (χ4v) is 5.52. The minimum Gasteiger partial charge on any atom is -0.385 e. The zero-order valence-electron chi connectivity index (χ0n) is 12.4. The maximum Gasteiger partial charge on any atom is 0.167 e. The highest BCUT2D eigenvalue weighted by Gasteiger charge is 2.58. The largest absolute Gasteiger partial charge is 0.385 e. The predicted molar refractivity (Wildman–Crippen MR) is 78.4 cm³/mol. The SMILES string of the molecule is C[C@]12CC[C@H]3[C@@H](CC=C4CC(=O)C=C[C@@H]43)[C@@H]1C[C@@H](O)C2=O. The molecule has 0 spiro atoms. The first kappa shape index (κ1) is 13.4. The van der Waals surface area contributed by atoms with E-state index in [1.165, 1.54) is 5.57 Å². The fourth-order valence-electron chi connectivity index (χ4n) is 5.52. The summed E-state index contributed by atoms with van der Waals surface area (Å²) in [6.45, 7) is 2.06. The van der Waals surface area contributed by atoms with E-state index >= 15 is 0 Å². The molecule has 0 bridgehead atoms. The zero-order chi connectivity index (χ0) is 14.8. The Hall–Kier alpha value is -1.22. The summed E-state index contributed by atoms with van der Waals surface area (Å²) in [5.41, 5.74) is 0.970. The highest BCUT2D eigenvalue weighted by Crippen LogP contribution is 2.59. The standard InChI is InChI=1S/C18H22O3/c1-18-7-6-13-12-5-3-11(19)8-10(12)2-4-14(13)15(18)9-16(20)17(18)21/h2-3,5,12-16,20H,4,6-9H2,1H3/t12-,13+,14+,15-,16+,18-/m0/s1. The summed E-state index contributed by atoms with van der Waals surface area (Å²) in [5.74, 6) is 2.00. The highest BCUT2D eigenvalue weighted by atomic mass is 16.3. The van der Waals surface area contributed by atoms with Crippen molar-refractivity contribution >= 4 is 11.6 Å². The van der Waals surface area contributed by atoms with E-state index in [9.17, 15) is 14.7 Å². The van der Waals surface area contributed by atoms with Crippen LogP contribution in [-0.2, 0) is 9.59 Å². The summed E-state index contributed by atoms with van der Waals surface area (Å²) in [6, 6.07) is 0. The molecule has 1 N–H and O–H groups in total. The number of aliphatic hydroxyl groups excluding tert-OH is 1. The molecule has 112 valence electrons. The van der Waals surface area contributed by atoms with Crippen LogP contribution in [0.1, 0.15) is 39.0 Å². The molecule has 4 aliphatic rings. The number of fused-ring (bicyclic) bond motifs is 5. The fraction of sp³-hybridized carbons (Fsp3) is 0.667. The van der Waals surface area contributed by atoms with Gasteiger partial charge >= 0.3 is 0 Å². The minimum absolute atomic E-state index is 0.0649. The molecule has 0 heterocycles. The van der Waals surface area contributed by atoms with E-state index in [-0.39, 0.29) is 17.0 Å². The van der Waals surface area contributed by atoms with Gasteiger partial charge in [-0.15, -0.1) is 0 Å². The van der Waals surface area contributed by atoms with Gasteiger partial charge in [-0.3, -0.25) is 9.59 Å². The smallest absolute Gasteiger partial charge is 0.167 e. The third-order valence-corrected chi connectivity index (χ3v) is 6.63. The van der Waals surface area contributed by atoms with Crippen molar-refractivity contribution in [3.05, 3.63) is 23.8 Å². The summed E-state index contributed by atoms with van der Waals surface area (Å²) < 4.78 is 0. The molecule has 0 aliphatic heterocycles. The molecule has 6 atom stereocenters. The molecule has 0 radical (unpaired) electrons. The van der Waals surface area contributed by atoms with Crippen LogP contribution in [0.25, 0.3) is 0 Å². The Morgan fingerprint density at radius 3 is 2.90 bits per heavy atom. The Labute approximate surface area is 125 Å². The van der Waals surface area contributed by atoms with E-state index in [0.29, 0.717) is 36.5 Å². The van der Waals surface area contributed by atoms with Crippen molar-refractivity contribution in [1.29, 1.82) is 0 Å². The van der Waals surface area contributed by atoms with Crippen LogP contribution in [0.2, 0.25) is 0 Å². The monoisotopic (exact) mass is 286 g/mol. The molecule has 2 saturated carbocycles. The van der Waals surface area contributed by atoms with Gasteiger partial charge in [-0.1, -0.05) is 24.6 Å². The molecule has 3 heteroatoms. The van der Waals surface area contributed by atoms with Crippen molar-refractivity contribution < 1.29 is 14.7 Å². The lowest BCUT2D eigenvalue weighted by molar-refractivity contribution is -0.135. The van der Waals surface area contributed by atoms with Crippen LogP contribution in [0.4, 0.5) is 0 Å². The van der Waals surface area contributed by atoms with Crippen molar-refractivity contribution in [2.75, 3.05) is 0 Å². The van der Waals surface area contributed by atoms with Gasteiger partial charge in [0.15, 0.2) is 11.6 Å². The second-order valence-corrected chi connectivity index (χ2v) is 7.55. The molecule has 4 aliphatic carbocycles. The summed E-state index contributed by atoms with van der Waals surface area (Å²) in [5, 5.41) is 10.0. The molecular weight excluding hydrogens is 264 g/mol. The summed E-state index contributed by atoms with van der Waals surface area (Å²) in [7, 11) is 0. The van der Waals surface area contributed by atoms with Crippen LogP contribution in [0, 0.1) is 29.1 Å². The number of hydrogen-bond acceptors (Lipinski definition) is 3. The van der Waals surface area contributed by atoms with Crippen LogP contribution >= 0.6 is 0 Å². The lowest BCUT2D eigenvalue weighted by Crippen LogP contribution is -2.45. The number of carbonyl (C=O) groups excluding carboxylic acids is 2. The molecule has 4 rings (SSSR count). The number of Topliss-reactive ketones (excluding diaryl/α,β-unsaturated/α-hetero) is 1. The number of rotatable bonds is 0. The van der Waals surface area contributed by atoms with E-state index < -0.39 is 6.10 Å². The van der Waals surface area contributed by atoms with E-state index in [1.54, 1.807) is 6.08 Å². The highest BCUT2D eigenvalue weighted by molar-refractivity contribution is 5.93. The van der Waals surface area contributed by atoms with Crippen molar-refractivity contribution in [3.63, 3.8) is 0 Å². The molecular formula is C18H22O3. The first-order valence-corrected chi connectivity index (χ1v) is 8.13. The van der Waals surface area contributed by atoms with E-state index in [2.05, 4.69) is 19.1 Å². The Morgan fingerprint density at radius 2 is 2.10 bits per heavy atom. The van der Waals surface area contributed by atoms with Gasteiger partial charge in [-0.05, 0) is 49.5 Å². The molecule has 3 nitrogen and oxygen atoms in total. The van der Waals surface area contributed by atoms with Crippen molar-refractivity contribution in [2.45, 2.75) is 45.1 Å². The van der Waals surface area contributed by atoms with Crippen molar-refractivity contribution in [2.24, 2.45) is 29.1 Å². The number of allylic oxidation sites excluding steroid dienone is 4. The van der Waals surface area contributed by atoms with Gasteiger partial charge in [0, 0.05) is 17.8 Å². The van der Waals surface area contributed by atoms with E-state index in [0.717, 1.165) is 19.3 Å². The van der Waals surface area contributed by atoms with Crippen LogP contribution in [0.5, 0.6) is 0 Å². The Balaban J connectivity index is 1.68. The topological polar surface area (TPSA) is 54.4 Å². The molecule has 0 saturated heterocycles. The predicted octanol–water partition coefficient (Wildman–Crippen LogP) is 2.44. The first-order valence-electron chi connectivity index (χ1n) is 8.13. The van der Waals surface area contributed by atoms with Gasteiger partial charge in [-0.25, -0.2) is 0 Å². The minimum atomic E-state index is -0.757. The van der Waals surface area contributed by atoms with E-state index in [4.69, 9.17) is 0 Å². The first-order chi connectivity index (χ1) is 10.0. The van der Waals surface area contributed by atoms with Gasteiger partial charge in [0.1, 0.15) is 6.10 Å².